The highest BCUT2D eigenvalue weighted by Crippen LogP contribution is 2.16. The van der Waals surface area contributed by atoms with Gasteiger partial charge in [0.1, 0.15) is 11.6 Å². The van der Waals surface area contributed by atoms with Crippen molar-refractivity contribution < 1.29 is 18.7 Å². The smallest absolute Gasteiger partial charge is 0.224 e. The summed E-state index contributed by atoms with van der Waals surface area (Å²) in [7, 11) is 0. The van der Waals surface area contributed by atoms with Crippen molar-refractivity contribution in [3.63, 3.8) is 0 Å². The topological polar surface area (TPSA) is 61.4 Å². The molecular formula is C28H32F2N2O2. The standard InChI is InChI=1S/C28H32F2N2O2/c1-19(2)23-10-8-20(9-11-23)15-28(34)32-26(14-22-12-24(29)16-25(30)13-22)27(33)18-31-17-21-6-4-3-5-7-21/h3-13,16,19,26-27,31,33H,14-15,17-18H2,1-2H3,(H,32,34)/t26-,27-/m0/s1. The number of carbonyl (C=O) groups is 1. The number of nitrogens with one attached hydrogen (secondary N) is 2. The highest BCUT2D eigenvalue weighted by atomic mass is 19.1. The highest BCUT2D eigenvalue weighted by Gasteiger charge is 2.22. The Balaban J connectivity index is 1.66. The fourth-order valence-corrected chi connectivity index (χ4v) is 3.83. The molecule has 34 heavy (non-hydrogen) atoms. The van der Waals surface area contributed by atoms with E-state index in [2.05, 4.69) is 24.5 Å². The number of carbonyl (C=O) groups excluding carboxylic acids is 1. The van der Waals surface area contributed by atoms with Gasteiger partial charge in [0.05, 0.1) is 18.6 Å². The lowest BCUT2D eigenvalue weighted by Gasteiger charge is -2.25. The van der Waals surface area contributed by atoms with Crippen LogP contribution in [0, 0.1) is 11.6 Å². The van der Waals surface area contributed by atoms with E-state index in [1.54, 1.807) is 0 Å². The molecule has 3 N–H and O–H groups in total. The third kappa shape index (κ3) is 8.04. The second kappa shape index (κ2) is 12.4. The minimum absolute atomic E-state index is 0.0981. The van der Waals surface area contributed by atoms with Gasteiger partial charge in [0.15, 0.2) is 0 Å². The molecule has 6 heteroatoms. The molecule has 180 valence electrons. The molecule has 0 spiro atoms. The SMILES string of the molecule is CC(C)c1ccc(CC(=O)N[C@@H](Cc2cc(F)cc(F)c2)[C@@H](O)CNCc2ccccc2)cc1. The van der Waals surface area contributed by atoms with E-state index in [9.17, 15) is 18.7 Å². The van der Waals surface area contributed by atoms with E-state index >= 15 is 0 Å². The van der Waals surface area contributed by atoms with E-state index in [4.69, 9.17) is 0 Å². The molecule has 3 aromatic carbocycles. The van der Waals surface area contributed by atoms with Crippen LogP contribution in [0.2, 0.25) is 0 Å². The Labute approximate surface area is 200 Å². The van der Waals surface area contributed by atoms with E-state index in [1.807, 2.05) is 54.6 Å². The maximum Gasteiger partial charge on any atom is 0.224 e. The van der Waals surface area contributed by atoms with Gasteiger partial charge in [-0.1, -0.05) is 68.4 Å². The summed E-state index contributed by atoms with van der Waals surface area (Å²) in [6.45, 7) is 4.97. The lowest BCUT2D eigenvalue weighted by Crippen LogP contribution is -2.49. The molecule has 0 aliphatic heterocycles. The fraction of sp³-hybridized carbons (Fsp3) is 0.321. The first-order valence-electron chi connectivity index (χ1n) is 11.6. The molecule has 0 saturated carbocycles. The van der Waals surface area contributed by atoms with E-state index in [0.717, 1.165) is 17.2 Å². The van der Waals surface area contributed by atoms with Gasteiger partial charge in [-0.25, -0.2) is 8.78 Å². The minimum Gasteiger partial charge on any atom is -0.390 e. The Morgan fingerprint density at radius 1 is 0.882 bits per heavy atom. The molecule has 0 aliphatic carbocycles. The molecule has 0 aromatic heterocycles. The van der Waals surface area contributed by atoms with Crippen LogP contribution >= 0.6 is 0 Å². The van der Waals surface area contributed by atoms with Gasteiger partial charge in [0.2, 0.25) is 5.91 Å². The van der Waals surface area contributed by atoms with Gasteiger partial charge in [0, 0.05) is 19.2 Å². The molecule has 0 radical (unpaired) electrons. The van der Waals surface area contributed by atoms with Gasteiger partial charge in [-0.2, -0.15) is 0 Å². The Morgan fingerprint density at radius 2 is 1.53 bits per heavy atom. The monoisotopic (exact) mass is 466 g/mol. The van der Waals surface area contributed by atoms with Crippen LogP contribution in [0.4, 0.5) is 8.78 Å². The van der Waals surface area contributed by atoms with Crippen LogP contribution < -0.4 is 10.6 Å². The van der Waals surface area contributed by atoms with Crippen molar-refractivity contribution in [3.8, 4) is 0 Å². The van der Waals surface area contributed by atoms with Crippen LogP contribution in [-0.2, 0) is 24.2 Å². The number of rotatable bonds is 11. The van der Waals surface area contributed by atoms with Gasteiger partial charge >= 0.3 is 0 Å². The van der Waals surface area contributed by atoms with Crippen LogP contribution in [0.3, 0.4) is 0 Å². The Bertz CT molecular complexity index is 1040. The van der Waals surface area contributed by atoms with Crippen LogP contribution in [0.5, 0.6) is 0 Å². The van der Waals surface area contributed by atoms with Crippen LogP contribution in [0.15, 0.2) is 72.8 Å². The minimum atomic E-state index is -0.956. The molecule has 0 aliphatic rings. The van der Waals surface area contributed by atoms with Crippen molar-refractivity contribution in [2.45, 2.75) is 51.3 Å². The third-order valence-electron chi connectivity index (χ3n) is 5.73. The number of aliphatic hydroxyl groups excluding tert-OH is 1. The summed E-state index contributed by atoms with van der Waals surface area (Å²) >= 11 is 0. The predicted octanol–water partition coefficient (Wildman–Crippen LogP) is 4.51. The van der Waals surface area contributed by atoms with Crippen molar-refractivity contribution >= 4 is 5.91 Å². The number of hydrogen-bond donors (Lipinski definition) is 3. The maximum absolute atomic E-state index is 13.7. The van der Waals surface area contributed by atoms with Crippen molar-refractivity contribution in [1.82, 2.24) is 10.6 Å². The Kier molecular flexibility index (Phi) is 9.31. The molecule has 0 unspecified atom stereocenters. The van der Waals surface area contributed by atoms with Gasteiger partial charge < -0.3 is 15.7 Å². The lowest BCUT2D eigenvalue weighted by molar-refractivity contribution is -0.122. The Hall–Kier alpha value is -3.09. The predicted molar refractivity (Wildman–Crippen MR) is 130 cm³/mol. The summed E-state index contributed by atoms with van der Waals surface area (Å²) in [5.74, 6) is -1.25. The summed E-state index contributed by atoms with van der Waals surface area (Å²) in [5, 5.41) is 16.9. The second-order valence-corrected chi connectivity index (χ2v) is 8.91. The van der Waals surface area contributed by atoms with Crippen LogP contribution in [0.1, 0.15) is 42.0 Å². The maximum atomic E-state index is 13.7. The largest absolute Gasteiger partial charge is 0.390 e. The number of benzene rings is 3. The zero-order valence-corrected chi connectivity index (χ0v) is 19.6. The summed E-state index contributed by atoms with van der Waals surface area (Å²) < 4.78 is 27.4. The lowest BCUT2D eigenvalue weighted by atomic mass is 9.99. The molecule has 3 aromatic rings. The summed E-state index contributed by atoms with van der Waals surface area (Å²) in [5.41, 5.74) is 3.47. The molecule has 0 fully saturated rings. The average molecular weight is 467 g/mol. The molecule has 0 bridgehead atoms. The van der Waals surface area contributed by atoms with Crippen LogP contribution in [-0.4, -0.2) is 29.7 Å². The van der Waals surface area contributed by atoms with Crippen molar-refractivity contribution in [2.24, 2.45) is 0 Å². The molecule has 1 amide bonds. The first-order valence-corrected chi connectivity index (χ1v) is 11.6. The number of hydrogen-bond acceptors (Lipinski definition) is 3. The molecule has 4 nitrogen and oxygen atoms in total. The van der Waals surface area contributed by atoms with Gasteiger partial charge in [-0.3, -0.25) is 4.79 Å². The summed E-state index contributed by atoms with van der Waals surface area (Å²) in [6.07, 6.45) is -0.709. The van der Waals surface area contributed by atoms with Gasteiger partial charge in [-0.05, 0) is 46.7 Å². The normalized spacial score (nSPS) is 13.0. The summed E-state index contributed by atoms with van der Waals surface area (Å²) in [4.78, 5) is 12.8. The fourth-order valence-electron chi connectivity index (χ4n) is 3.83. The Morgan fingerprint density at radius 3 is 2.15 bits per heavy atom. The number of aliphatic hydroxyl groups is 1. The van der Waals surface area contributed by atoms with Crippen molar-refractivity contribution in [2.75, 3.05) is 6.54 Å². The molecule has 3 rings (SSSR count). The van der Waals surface area contributed by atoms with E-state index in [1.165, 1.54) is 17.7 Å². The van der Waals surface area contributed by atoms with Gasteiger partial charge in [0.25, 0.3) is 0 Å². The van der Waals surface area contributed by atoms with E-state index < -0.39 is 23.8 Å². The number of halogens is 2. The van der Waals surface area contributed by atoms with E-state index in [0.29, 0.717) is 18.0 Å². The third-order valence-corrected chi connectivity index (χ3v) is 5.73. The quantitative estimate of drug-likeness (QED) is 0.390. The molecular weight excluding hydrogens is 434 g/mol. The summed E-state index contributed by atoms with van der Waals surface area (Å²) in [6, 6.07) is 20.1. The molecule has 0 heterocycles. The first kappa shape index (κ1) is 25.5. The zero-order valence-electron chi connectivity index (χ0n) is 19.6. The van der Waals surface area contributed by atoms with Crippen molar-refractivity contribution in [1.29, 1.82) is 0 Å². The van der Waals surface area contributed by atoms with E-state index in [-0.39, 0.29) is 25.3 Å². The van der Waals surface area contributed by atoms with Crippen LogP contribution in [0.25, 0.3) is 0 Å². The molecule has 0 saturated heterocycles. The first-order chi connectivity index (χ1) is 16.3. The number of amides is 1. The highest BCUT2D eigenvalue weighted by molar-refractivity contribution is 5.79. The second-order valence-electron chi connectivity index (χ2n) is 8.91. The zero-order chi connectivity index (χ0) is 24.5. The van der Waals surface area contributed by atoms with Crippen molar-refractivity contribution in [3.05, 3.63) is 107 Å². The van der Waals surface area contributed by atoms with Gasteiger partial charge in [-0.15, -0.1) is 0 Å². The average Bonchev–Trinajstić information content (AvgIpc) is 2.79. The molecule has 2 atom stereocenters.